The lowest BCUT2D eigenvalue weighted by Gasteiger charge is -2.35. The highest BCUT2D eigenvalue weighted by Crippen LogP contribution is 2.44. The quantitative estimate of drug-likeness (QED) is 0.418. The fourth-order valence-corrected chi connectivity index (χ4v) is 5.76. The predicted octanol–water partition coefficient (Wildman–Crippen LogP) is 5.07. The summed E-state index contributed by atoms with van der Waals surface area (Å²) in [6.45, 7) is 3.30. The number of aromatic nitrogens is 2. The third-order valence-corrected chi connectivity index (χ3v) is 7.31. The van der Waals surface area contributed by atoms with Crippen LogP contribution < -0.4 is 15.4 Å². The number of rotatable bonds is 7. The Balaban J connectivity index is 1.39. The van der Waals surface area contributed by atoms with Crippen molar-refractivity contribution in [2.24, 2.45) is 0 Å². The standard InChI is InChI=1S/C24H27ClN6O2S/c1-3-31-17-10-11-22(31)18-13-16(9-8-15(18)12-17)27-24-26-14-19(25)23(29-24)28-20-6-4-5-7-21(20)30-34(2,32)33/h4-9,13-14,17,22,30H,3,10-12H2,1-2H3,(H2,26,27,28,29). The molecule has 3 N–H and O–H groups in total. The van der Waals surface area contributed by atoms with Gasteiger partial charge in [-0.1, -0.05) is 36.7 Å². The Bertz CT molecular complexity index is 1330. The summed E-state index contributed by atoms with van der Waals surface area (Å²) in [6.07, 6.45) is 6.17. The molecule has 8 nitrogen and oxygen atoms in total. The molecule has 1 saturated heterocycles. The minimum Gasteiger partial charge on any atom is -0.337 e. The average molecular weight is 499 g/mol. The van der Waals surface area contributed by atoms with Crippen LogP contribution in [0.4, 0.5) is 28.8 Å². The monoisotopic (exact) mass is 498 g/mol. The van der Waals surface area contributed by atoms with E-state index in [2.05, 4.69) is 55.3 Å². The molecule has 1 fully saturated rings. The third kappa shape index (κ3) is 4.68. The molecule has 178 valence electrons. The van der Waals surface area contributed by atoms with E-state index in [9.17, 15) is 8.42 Å². The summed E-state index contributed by atoms with van der Waals surface area (Å²) in [5.41, 5.74) is 4.67. The van der Waals surface area contributed by atoms with Gasteiger partial charge >= 0.3 is 0 Å². The van der Waals surface area contributed by atoms with E-state index in [4.69, 9.17) is 11.6 Å². The lowest BCUT2D eigenvalue weighted by atomic mass is 9.92. The van der Waals surface area contributed by atoms with Crippen LogP contribution in [0.5, 0.6) is 0 Å². The average Bonchev–Trinajstić information content (AvgIpc) is 3.10. The van der Waals surface area contributed by atoms with Crippen molar-refractivity contribution in [1.29, 1.82) is 0 Å². The van der Waals surface area contributed by atoms with Gasteiger partial charge in [0.25, 0.3) is 0 Å². The molecule has 0 aliphatic carbocycles. The Morgan fingerprint density at radius 1 is 1.12 bits per heavy atom. The molecule has 34 heavy (non-hydrogen) atoms. The Morgan fingerprint density at radius 3 is 2.68 bits per heavy atom. The highest BCUT2D eigenvalue weighted by Gasteiger charge is 2.38. The Labute approximate surface area is 204 Å². The van der Waals surface area contributed by atoms with Crippen LogP contribution in [-0.4, -0.2) is 42.1 Å². The van der Waals surface area contributed by atoms with Gasteiger partial charge in [0, 0.05) is 17.8 Å². The Morgan fingerprint density at radius 2 is 1.91 bits per heavy atom. The lowest BCUT2D eigenvalue weighted by Crippen LogP contribution is -2.37. The zero-order valence-corrected chi connectivity index (χ0v) is 20.6. The molecule has 3 aromatic rings. The molecule has 2 unspecified atom stereocenters. The molecule has 2 atom stereocenters. The molecule has 0 amide bonds. The van der Waals surface area contributed by atoms with Gasteiger partial charge in [-0.25, -0.2) is 13.4 Å². The first-order valence-corrected chi connectivity index (χ1v) is 13.6. The van der Waals surface area contributed by atoms with Crippen LogP contribution in [0.3, 0.4) is 0 Å². The van der Waals surface area contributed by atoms with Crippen LogP contribution in [0.15, 0.2) is 48.7 Å². The molecule has 2 aliphatic rings. The highest BCUT2D eigenvalue weighted by atomic mass is 35.5. The number of fused-ring (bicyclic) bond motifs is 4. The van der Waals surface area contributed by atoms with Crippen molar-refractivity contribution in [2.75, 3.05) is 28.2 Å². The van der Waals surface area contributed by atoms with Gasteiger partial charge in [-0.15, -0.1) is 0 Å². The molecule has 2 aliphatic heterocycles. The summed E-state index contributed by atoms with van der Waals surface area (Å²) in [7, 11) is -3.44. The van der Waals surface area contributed by atoms with Crippen LogP contribution in [0.1, 0.15) is 36.9 Å². The van der Waals surface area contributed by atoms with Crippen LogP contribution in [0, 0.1) is 0 Å². The summed E-state index contributed by atoms with van der Waals surface area (Å²) in [6, 6.07) is 14.6. The minimum atomic E-state index is -3.44. The fraction of sp³-hybridized carbons (Fsp3) is 0.333. The van der Waals surface area contributed by atoms with E-state index >= 15 is 0 Å². The molecule has 0 spiro atoms. The zero-order chi connectivity index (χ0) is 23.9. The maximum atomic E-state index is 11.7. The molecule has 0 radical (unpaired) electrons. The summed E-state index contributed by atoms with van der Waals surface area (Å²) in [4.78, 5) is 11.5. The Hall–Kier alpha value is -2.88. The second-order valence-corrected chi connectivity index (χ2v) is 10.9. The van der Waals surface area contributed by atoms with Gasteiger partial charge in [0.15, 0.2) is 5.82 Å². The topological polar surface area (TPSA) is 99.2 Å². The molecule has 0 saturated carbocycles. The van der Waals surface area contributed by atoms with Gasteiger partial charge in [0.1, 0.15) is 5.02 Å². The minimum absolute atomic E-state index is 0.320. The van der Waals surface area contributed by atoms with E-state index in [1.54, 1.807) is 24.3 Å². The molecule has 2 aromatic carbocycles. The van der Waals surface area contributed by atoms with Crippen molar-refractivity contribution < 1.29 is 8.42 Å². The van der Waals surface area contributed by atoms with Crippen LogP contribution in [0.25, 0.3) is 0 Å². The lowest BCUT2D eigenvalue weighted by molar-refractivity contribution is 0.188. The van der Waals surface area contributed by atoms with E-state index in [-0.39, 0.29) is 0 Å². The largest absolute Gasteiger partial charge is 0.337 e. The number of likely N-dealkylation sites (N-methyl/N-ethyl adjacent to an activating group) is 1. The highest BCUT2D eigenvalue weighted by molar-refractivity contribution is 7.92. The number of para-hydroxylation sites is 2. The summed E-state index contributed by atoms with van der Waals surface area (Å²) in [5.74, 6) is 0.767. The predicted molar refractivity (Wildman–Crippen MR) is 137 cm³/mol. The molecule has 10 heteroatoms. The molecule has 1 aromatic heterocycles. The van der Waals surface area contributed by atoms with Crippen molar-refractivity contribution in [3.05, 3.63) is 64.8 Å². The number of benzene rings is 2. The first kappa shape index (κ1) is 22.9. The van der Waals surface area contributed by atoms with Gasteiger partial charge in [-0.3, -0.25) is 9.62 Å². The molecule has 2 bridgehead atoms. The van der Waals surface area contributed by atoms with Gasteiger partial charge < -0.3 is 10.6 Å². The Kier molecular flexibility index (Phi) is 6.09. The second-order valence-electron chi connectivity index (χ2n) is 8.76. The normalized spacial score (nSPS) is 19.5. The molecule has 3 heterocycles. The van der Waals surface area contributed by atoms with Gasteiger partial charge in [-0.2, -0.15) is 4.98 Å². The number of anilines is 5. The van der Waals surface area contributed by atoms with E-state index in [0.29, 0.717) is 40.2 Å². The zero-order valence-electron chi connectivity index (χ0n) is 19.0. The van der Waals surface area contributed by atoms with E-state index in [1.165, 1.54) is 30.2 Å². The smallest absolute Gasteiger partial charge is 0.229 e. The third-order valence-electron chi connectivity index (χ3n) is 6.44. The van der Waals surface area contributed by atoms with Crippen LogP contribution >= 0.6 is 11.6 Å². The summed E-state index contributed by atoms with van der Waals surface area (Å²) < 4.78 is 25.9. The van der Waals surface area contributed by atoms with E-state index in [1.807, 2.05) is 0 Å². The van der Waals surface area contributed by atoms with Crippen LogP contribution in [0.2, 0.25) is 5.02 Å². The van der Waals surface area contributed by atoms with E-state index < -0.39 is 10.0 Å². The number of nitrogens with zero attached hydrogens (tertiary/aromatic N) is 3. The molecular weight excluding hydrogens is 472 g/mol. The molecule has 5 rings (SSSR count). The first-order valence-electron chi connectivity index (χ1n) is 11.3. The number of hydrogen-bond donors (Lipinski definition) is 3. The molecular formula is C24H27ClN6O2S. The maximum absolute atomic E-state index is 11.7. The number of hydrogen-bond acceptors (Lipinski definition) is 7. The first-order chi connectivity index (χ1) is 16.3. The number of sulfonamides is 1. The van der Waals surface area contributed by atoms with Gasteiger partial charge in [0.2, 0.25) is 16.0 Å². The summed E-state index contributed by atoms with van der Waals surface area (Å²) in [5, 5.41) is 6.74. The van der Waals surface area contributed by atoms with Crippen molar-refractivity contribution in [2.45, 2.75) is 38.3 Å². The van der Waals surface area contributed by atoms with Crippen LogP contribution in [-0.2, 0) is 16.4 Å². The SMILES string of the molecule is CCN1C2CCC1c1cc(Nc3ncc(Cl)c(Nc4ccccc4NS(C)(=O)=O)n3)ccc1C2. The van der Waals surface area contributed by atoms with Crippen molar-refractivity contribution in [1.82, 2.24) is 14.9 Å². The van der Waals surface area contributed by atoms with E-state index in [0.717, 1.165) is 24.9 Å². The van der Waals surface area contributed by atoms with Crippen molar-refractivity contribution >= 4 is 50.5 Å². The van der Waals surface area contributed by atoms with Crippen molar-refractivity contribution in [3.63, 3.8) is 0 Å². The second kappa shape index (κ2) is 9.05. The summed E-state index contributed by atoms with van der Waals surface area (Å²) >= 11 is 6.34. The van der Waals surface area contributed by atoms with Gasteiger partial charge in [0.05, 0.1) is 23.8 Å². The van der Waals surface area contributed by atoms with Crippen molar-refractivity contribution in [3.8, 4) is 0 Å². The number of halogens is 1. The fourth-order valence-electron chi connectivity index (χ4n) is 5.04. The maximum Gasteiger partial charge on any atom is 0.229 e. The number of nitrogens with one attached hydrogen (secondary N) is 3. The van der Waals surface area contributed by atoms with Gasteiger partial charge in [-0.05, 0) is 61.2 Å².